The number of nitrogens with zero attached hydrogens (tertiary/aromatic N) is 2. The van der Waals surface area contributed by atoms with Crippen LogP contribution in [0.5, 0.6) is 0 Å². The van der Waals surface area contributed by atoms with Crippen LogP contribution in [0.25, 0.3) is 22.2 Å². The van der Waals surface area contributed by atoms with Crippen molar-refractivity contribution >= 4 is 10.9 Å². The largest absolute Gasteiger partial charge is 0.361 e. The average Bonchev–Trinajstić information content (AvgIpc) is 2.88. The normalized spacial score (nSPS) is 10.9. The van der Waals surface area contributed by atoms with E-state index in [9.17, 15) is 0 Å². The Bertz CT molecular complexity index is 550. The molecule has 2 heterocycles. The van der Waals surface area contributed by atoms with E-state index in [1.165, 1.54) is 5.39 Å². The Labute approximate surface area is 80.0 Å². The zero-order chi connectivity index (χ0) is 9.38. The standard InChI is InChI=1S/C10H8N4/c1-2-9-8(3-4-11-9)5-7(1)10-6-12-14-13-10/h1-6,11H,(H,12,13,14). The van der Waals surface area contributed by atoms with Crippen molar-refractivity contribution in [1.82, 2.24) is 20.4 Å². The molecular formula is C10H8N4. The first-order valence-electron chi connectivity index (χ1n) is 4.37. The lowest BCUT2D eigenvalue weighted by Gasteiger charge is -1.95. The van der Waals surface area contributed by atoms with E-state index in [1.807, 2.05) is 24.4 Å². The van der Waals surface area contributed by atoms with Crippen LogP contribution in [0.3, 0.4) is 0 Å². The lowest BCUT2D eigenvalue weighted by Crippen LogP contribution is -1.77. The van der Waals surface area contributed by atoms with Crippen LogP contribution >= 0.6 is 0 Å². The number of rotatable bonds is 1. The summed E-state index contributed by atoms with van der Waals surface area (Å²) in [4.78, 5) is 3.15. The summed E-state index contributed by atoms with van der Waals surface area (Å²) in [5.74, 6) is 0. The zero-order valence-corrected chi connectivity index (χ0v) is 7.36. The number of nitrogens with one attached hydrogen (secondary N) is 2. The fourth-order valence-electron chi connectivity index (χ4n) is 1.55. The number of benzene rings is 1. The maximum Gasteiger partial charge on any atom is 0.112 e. The Morgan fingerprint density at radius 1 is 1.14 bits per heavy atom. The molecule has 0 spiro atoms. The van der Waals surface area contributed by atoms with Crippen LogP contribution in [-0.2, 0) is 0 Å². The molecule has 4 heteroatoms. The fraction of sp³-hybridized carbons (Fsp3) is 0. The highest BCUT2D eigenvalue weighted by Crippen LogP contribution is 2.21. The SMILES string of the molecule is c1cc2cc(-c3cn[nH]n3)ccc2[nH]1. The van der Waals surface area contributed by atoms with Gasteiger partial charge in [-0.1, -0.05) is 6.07 Å². The Kier molecular flexibility index (Phi) is 1.41. The van der Waals surface area contributed by atoms with Crippen LogP contribution < -0.4 is 0 Å². The first-order chi connectivity index (χ1) is 6.93. The Balaban J connectivity index is 2.23. The van der Waals surface area contributed by atoms with Crippen molar-refractivity contribution in [1.29, 1.82) is 0 Å². The van der Waals surface area contributed by atoms with Gasteiger partial charge in [-0.05, 0) is 18.2 Å². The van der Waals surface area contributed by atoms with Crippen LogP contribution in [0.4, 0.5) is 0 Å². The van der Waals surface area contributed by atoms with E-state index in [1.54, 1.807) is 6.20 Å². The maximum atomic E-state index is 4.03. The van der Waals surface area contributed by atoms with Gasteiger partial charge in [0.25, 0.3) is 0 Å². The molecule has 0 amide bonds. The Morgan fingerprint density at radius 2 is 2.14 bits per heavy atom. The molecule has 3 rings (SSSR count). The smallest absolute Gasteiger partial charge is 0.112 e. The summed E-state index contributed by atoms with van der Waals surface area (Å²) in [5, 5.41) is 11.6. The Hall–Kier alpha value is -2.10. The van der Waals surface area contributed by atoms with Gasteiger partial charge in [-0.2, -0.15) is 15.4 Å². The second kappa shape index (κ2) is 2.70. The second-order valence-corrected chi connectivity index (χ2v) is 3.13. The van der Waals surface area contributed by atoms with Crippen LogP contribution in [0.15, 0.2) is 36.7 Å². The fourth-order valence-corrected chi connectivity index (χ4v) is 1.55. The summed E-state index contributed by atoms with van der Waals surface area (Å²) in [6.07, 6.45) is 3.64. The van der Waals surface area contributed by atoms with Crippen molar-refractivity contribution in [3.05, 3.63) is 36.7 Å². The third-order valence-electron chi connectivity index (χ3n) is 2.26. The molecule has 68 valence electrons. The first-order valence-corrected chi connectivity index (χ1v) is 4.37. The van der Waals surface area contributed by atoms with Gasteiger partial charge in [-0.15, -0.1) is 0 Å². The second-order valence-electron chi connectivity index (χ2n) is 3.13. The van der Waals surface area contributed by atoms with Crippen LogP contribution in [-0.4, -0.2) is 20.4 Å². The molecule has 2 aromatic heterocycles. The zero-order valence-electron chi connectivity index (χ0n) is 7.36. The number of hydrogen-bond donors (Lipinski definition) is 2. The molecule has 0 radical (unpaired) electrons. The average molecular weight is 184 g/mol. The minimum atomic E-state index is 0.869. The van der Waals surface area contributed by atoms with E-state index in [0.717, 1.165) is 16.8 Å². The summed E-state index contributed by atoms with van der Waals surface area (Å²) in [6.45, 7) is 0. The molecule has 0 saturated heterocycles. The van der Waals surface area contributed by atoms with Gasteiger partial charge in [-0.25, -0.2) is 0 Å². The van der Waals surface area contributed by atoms with E-state index in [2.05, 4.69) is 26.5 Å². The topological polar surface area (TPSA) is 57.4 Å². The molecule has 0 aliphatic rings. The van der Waals surface area contributed by atoms with Gasteiger partial charge in [0.05, 0.1) is 6.20 Å². The van der Waals surface area contributed by atoms with E-state index >= 15 is 0 Å². The summed E-state index contributed by atoms with van der Waals surface area (Å²) >= 11 is 0. The first kappa shape index (κ1) is 7.32. The quantitative estimate of drug-likeness (QED) is 0.607. The van der Waals surface area contributed by atoms with Crippen molar-refractivity contribution in [2.75, 3.05) is 0 Å². The predicted octanol–water partition coefficient (Wildman–Crippen LogP) is 1.95. The molecule has 14 heavy (non-hydrogen) atoms. The van der Waals surface area contributed by atoms with Crippen LogP contribution in [0, 0.1) is 0 Å². The molecule has 0 atom stereocenters. The highest BCUT2D eigenvalue weighted by molar-refractivity contribution is 5.84. The molecular weight excluding hydrogens is 176 g/mol. The molecule has 0 unspecified atom stereocenters. The highest BCUT2D eigenvalue weighted by atomic mass is 15.3. The van der Waals surface area contributed by atoms with Gasteiger partial charge in [0, 0.05) is 22.7 Å². The van der Waals surface area contributed by atoms with Crippen molar-refractivity contribution in [2.24, 2.45) is 0 Å². The van der Waals surface area contributed by atoms with Crippen molar-refractivity contribution in [3.8, 4) is 11.3 Å². The van der Waals surface area contributed by atoms with E-state index < -0.39 is 0 Å². The van der Waals surface area contributed by atoms with E-state index in [0.29, 0.717) is 0 Å². The lowest BCUT2D eigenvalue weighted by molar-refractivity contribution is 0.942. The number of H-pyrrole nitrogens is 2. The summed E-state index contributed by atoms with van der Waals surface area (Å²) in [7, 11) is 0. The molecule has 4 nitrogen and oxygen atoms in total. The number of aromatic nitrogens is 4. The number of aromatic amines is 2. The number of hydrogen-bond acceptors (Lipinski definition) is 2. The van der Waals surface area contributed by atoms with Gasteiger partial charge in [0.15, 0.2) is 0 Å². The molecule has 2 N–H and O–H groups in total. The lowest BCUT2D eigenvalue weighted by atomic mass is 10.1. The summed E-state index contributed by atoms with van der Waals surface area (Å²) in [6, 6.07) is 8.19. The van der Waals surface area contributed by atoms with Crippen LogP contribution in [0.1, 0.15) is 0 Å². The third kappa shape index (κ3) is 1.01. The van der Waals surface area contributed by atoms with Crippen molar-refractivity contribution in [2.45, 2.75) is 0 Å². The van der Waals surface area contributed by atoms with Gasteiger partial charge >= 0.3 is 0 Å². The molecule has 0 bridgehead atoms. The molecule has 0 fully saturated rings. The van der Waals surface area contributed by atoms with Crippen molar-refractivity contribution in [3.63, 3.8) is 0 Å². The van der Waals surface area contributed by atoms with Crippen molar-refractivity contribution < 1.29 is 0 Å². The van der Waals surface area contributed by atoms with E-state index in [-0.39, 0.29) is 0 Å². The monoisotopic (exact) mass is 184 g/mol. The molecule has 0 aliphatic carbocycles. The Morgan fingerprint density at radius 3 is 3.00 bits per heavy atom. The molecule has 0 saturated carbocycles. The van der Waals surface area contributed by atoms with Crippen LogP contribution in [0.2, 0.25) is 0 Å². The van der Waals surface area contributed by atoms with Gasteiger partial charge in [0.2, 0.25) is 0 Å². The minimum absolute atomic E-state index is 0.869. The molecule has 0 aliphatic heterocycles. The molecule has 3 aromatic rings. The summed E-state index contributed by atoms with van der Waals surface area (Å²) in [5.41, 5.74) is 3.08. The maximum absolute atomic E-state index is 4.03. The van der Waals surface area contributed by atoms with Gasteiger partial charge in [-0.3, -0.25) is 0 Å². The van der Waals surface area contributed by atoms with E-state index in [4.69, 9.17) is 0 Å². The molecule has 1 aromatic carbocycles. The highest BCUT2D eigenvalue weighted by Gasteiger charge is 2.01. The number of fused-ring (bicyclic) bond motifs is 1. The van der Waals surface area contributed by atoms with Gasteiger partial charge < -0.3 is 4.98 Å². The predicted molar refractivity (Wildman–Crippen MR) is 53.7 cm³/mol. The minimum Gasteiger partial charge on any atom is -0.361 e. The van der Waals surface area contributed by atoms with Gasteiger partial charge in [0.1, 0.15) is 5.69 Å². The summed E-state index contributed by atoms with van der Waals surface area (Å²) < 4.78 is 0. The third-order valence-corrected chi connectivity index (χ3v) is 2.26.